The van der Waals surface area contributed by atoms with E-state index in [4.69, 9.17) is 0 Å². The van der Waals surface area contributed by atoms with Gasteiger partial charge in [0.25, 0.3) is 0 Å². The highest BCUT2D eigenvalue weighted by Gasteiger charge is 2.16. The number of hydrogen-bond acceptors (Lipinski definition) is 0. The molecule has 25 heavy (non-hydrogen) atoms. The summed E-state index contributed by atoms with van der Waals surface area (Å²) in [5, 5.41) is 1.26. The number of hydrogen-bond donors (Lipinski definition) is 0. The first-order chi connectivity index (χ1) is 12.4. The molecule has 0 fully saturated rings. The van der Waals surface area contributed by atoms with Crippen molar-refractivity contribution in [2.75, 3.05) is 0 Å². The zero-order valence-corrected chi connectivity index (χ0v) is 13.8. The third-order valence-electron chi connectivity index (χ3n) is 4.79. The number of para-hydroxylation sites is 2. The molecule has 0 bridgehead atoms. The molecular weight excluding hydrogens is 302 g/mol. The van der Waals surface area contributed by atoms with Crippen LogP contribution in [0.15, 0.2) is 103 Å². The first-order valence-corrected chi connectivity index (χ1v) is 8.56. The van der Waals surface area contributed by atoms with Gasteiger partial charge in [-0.05, 0) is 35.4 Å². The maximum Gasteiger partial charge on any atom is 0.0547 e. The van der Waals surface area contributed by atoms with Gasteiger partial charge in [-0.1, -0.05) is 78.9 Å². The quantitative estimate of drug-likeness (QED) is 0.355. The predicted molar refractivity (Wildman–Crippen MR) is 105 cm³/mol. The molecule has 0 unspecified atom stereocenters. The highest BCUT2D eigenvalue weighted by Crippen LogP contribution is 2.39. The van der Waals surface area contributed by atoms with Crippen LogP contribution in [0, 0.1) is 0 Å². The lowest BCUT2D eigenvalue weighted by Gasteiger charge is -2.11. The van der Waals surface area contributed by atoms with Crippen LogP contribution in [0.1, 0.15) is 0 Å². The van der Waals surface area contributed by atoms with Gasteiger partial charge in [0.2, 0.25) is 0 Å². The lowest BCUT2D eigenvalue weighted by molar-refractivity contribution is 1.14. The van der Waals surface area contributed by atoms with Crippen molar-refractivity contribution in [1.82, 2.24) is 4.57 Å². The minimum absolute atomic E-state index is 1.19. The first kappa shape index (κ1) is 14.1. The molecule has 2 aliphatic rings. The SMILES string of the molecule is c1ccc(-n2c(-c3ccc4cccccc3-4)cc3ccccc32)cc1. The molecule has 2 aromatic carbocycles. The van der Waals surface area contributed by atoms with Crippen molar-refractivity contribution in [3.05, 3.63) is 103 Å². The van der Waals surface area contributed by atoms with Gasteiger partial charge in [0.15, 0.2) is 0 Å². The topological polar surface area (TPSA) is 4.93 Å². The van der Waals surface area contributed by atoms with Gasteiger partial charge in [0.1, 0.15) is 0 Å². The Balaban J connectivity index is 1.85. The van der Waals surface area contributed by atoms with E-state index in [9.17, 15) is 0 Å². The number of aromatic nitrogens is 1. The zero-order chi connectivity index (χ0) is 16.6. The van der Waals surface area contributed by atoms with Crippen LogP contribution in [-0.4, -0.2) is 4.57 Å². The average molecular weight is 319 g/mol. The van der Waals surface area contributed by atoms with Gasteiger partial charge < -0.3 is 4.57 Å². The van der Waals surface area contributed by atoms with E-state index in [1.54, 1.807) is 0 Å². The molecule has 118 valence electrons. The standard InChI is InChI=1S/C24H17N/c1-3-9-18-15-16-22(21(18)13-6-1)24-17-19-10-7-8-14-23(19)25(24)20-11-4-2-5-12-20/h1-17H. The second-order valence-electron chi connectivity index (χ2n) is 6.29. The number of fused-ring (bicyclic) bond motifs is 2. The van der Waals surface area contributed by atoms with Crippen molar-refractivity contribution < 1.29 is 0 Å². The molecule has 5 rings (SSSR count). The summed E-state index contributed by atoms with van der Waals surface area (Å²) in [7, 11) is 0. The maximum absolute atomic E-state index is 2.36. The van der Waals surface area contributed by atoms with Crippen LogP contribution in [-0.2, 0) is 0 Å². The molecule has 1 aromatic heterocycles. The molecule has 0 saturated carbocycles. The lowest BCUT2D eigenvalue weighted by atomic mass is 10.1. The van der Waals surface area contributed by atoms with Crippen LogP contribution in [0.4, 0.5) is 0 Å². The van der Waals surface area contributed by atoms with Crippen molar-refractivity contribution in [2.45, 2.75) is 0 Å². The molecule has 3 aromatic rings. The third kappa shape index (κ3) is 2.25. The number of benzene rings is 2. The van der Waals surface area contributed by atoms with E-state index >= 15 is 0 Å². The van der Waals surface area contributed by atoms with Crippen molar-refractivity contribution in [3.8, 4) is 28.1 Å². The molecule has 0 N–H and O–H groups in total. The summed E-state index contributed by atoms with van der Waals surface area (Å²) in [6.07, 6.45) is 0. The fourth-order valence-electron chi connectivity index (χ4n) is 3.65. The summed E-state index contributed by atoms with van der Waals surface area (Å²) in [6.45, 7) is 0. The number of nitrogens with zero attached hydrogens (tertiary/aromatic N) is 1. The van der Waals surface area contributed by atoms with Crippen LogP contribution < -0.4 is 0 Å². The molecular formula is C24H17N. The van der Waals surface area contributed by atoms with Gasteiger partial charge in [0.05, 0.1) is 11.2 Å². The van der Waals surface area contributed by atoms with Crippen LogP contribution in [0.3, 0.4) is 0 Å². The molecule has 1 nitrogen and oxygen atoms in total. The second-order valence-corrected chi connectivity index (χ2v) is 6.29. The fourth-order valence-corrected chi connectivity index (χ4v) is 3.65. The monoisotopic (exact) mass is 319 g/mol. The Morgan fingerprint density at radius 2 is 1.24 bits per heavy atom. The normalized spacial score (nSPS) is 11.2. The van der Waals surface area contributed by atoms with Crippen molar-refractivity contribution in [1.29, 1.82) is 0 Å². The minimum atomic E-state index is 1.19. The van der Waals surface area contributed by atoms with Gasteiger partial charge in [-0.25, -0.2) is 0 Å². The van der Waals surface area contributed by atoms with E-state index in [0.717, 1.165) is 0 Å². The molecule has 0 radical (unpaired) electrons. The zero-order valence-electron chi connectivity index (χ0n) is 13.8. The Labute approximate surface area is 147 Å². The Hall–Kier alpha value is -3.32. The van der Waals surface area contributed by atoms with Gasteiger partial charge in [0, 0.05) is 16.6 Å². The molecule has 1 heteroatoms. The van der Waals surface area contributed by atoms with Crippen LogP contribution in [0.2, 0.25) is 0 Å². The summed E-state index contributed by atoms with van der Waals surface area (Å²) in [5.74, 6) is 0. The summed E-state index contributed by atoms with van der Waals surface area (Å²) >= 11 is 0. The van der Waals surface area contributed by atoms with Crippen molar-refractivity contribution in [2.24, 2.45) is 0 Å². The summed E-state index contributed by atoms with van der Waals surface area (Å²) in [6, 6.07) is 36.6. The Kier molecular flexibility index (Phi) is 3.17. The highest BCUT2D eigenvalue weighted by atomic mass is 15.0. The van der Waals surface area contributed by atoms with Crippen LogP contribution in [0.25, 0.3) is 39.0 Å². The first-order valence-electron chi connectivity index (χ1n) is 8.56. The van der Waals surface area contributed by atoms with E-state index in [1.807, 2.05) is 0 Å². The maximum atomic E-state index is 2.36. The van der Waals surface area contributed by atoms with E-state index in [2.05, 4.69) is 108 Å². The Morgan fingerprint density at radius 1 is 0.520 bits per heavy atom. The molecule has 0 saturated heterocycles. The Morgan fingerprint density at radius 3 is 2.12 bits per heavy atom. The molecule has 0 atom stereocenters. The fraction of sp³-hybridized carbons (Fsp3) is 0. The summed E-state index contributed by atoms with van der Waals surface area (Å²) in [4.78, 5) is 0. The summed E-state index contributed by atoms with van der Waals surface area (Å²) in [5.41, 5.74) is 7.47. The second kappa shape index (κ2) is 5.64. The molecule has 0 spiro atoms. The van der Waals surface area contributed by atoms with E-state index in [-0.39, 0.29) is 0 Å². The lowest BCUT2D eigenvalue weighted by Crippen LogP contribution is -1.96. The van der Waals surface area contributed by atoms with Crippen LogP contribution >= 0.6 is 0 Å². The number of rotatable bonds is 2. The van der Waals surface area contributed by atoms with Crippen molar-refractivity contribution in [3.63, 3.8) is 0 Å². The molecule has 1 heterocycles. The molecule has 0 amide bonds. The minimum Gasteiger partial charge on any atom is -0.309 e. The predicted octanol–water partition coefficient (Wildman–Crippen LogP) is 6.40. The van der Waals surface area contributed by atoms with Gasteiger partial charge >= 0.3 is 0 Å². The molecule has 0 aliphatic heterocycles. The van der Waals surface area contributed by atoms with Gasteiger partial charge in [-0.2, -0.15) is 0 Å². The Bertz CT molecular complexity index is 1140. The van der Waals surface area contributed by atoms with Crippen LogP contribution in [0.5, 0.6) is 0 Å². The average Bonchev–Trinajstić information content (AvgIpc) is 3.15. The molecule has 2 aliphatic carbocycles. The highest BCUT2D eigenvalue weighted by molar-refractivity contribution is 5.94. The largest absolute Gasteiger partial charge is 0.309 e. The van der Waals surface area contributed by atoms with E-state index < -0.39 is 0 Å². The summed E-state index contributed by atoms with van der Waals surface area (Å²) < 4.78 is 2.36. The van der Waals surface area contributed by atoms with E-state index in [0.29, 0.717) is 0 Å². The van der Waals surface area contributed by atoms with E-state index in [1.165, 1.54) is 39.0 Å². The van der Waals surface area contributed by atoms with Crippen molar-refractivity contribution >= 4 is 10.9 Å². The third-order valence-corrected chi connectivity index (χ3v) is 4.79. The van der Waals surface area contributed by atoms with Gasteiger partial charge in [-0.3, -0.25) is 0 Å². The smallest absolute Gasteiger partial charge is 0.0547 e. The van der Waals surface area contributed by atoms with Gasteiger partial charge in [-0.15, -0.1) is 0 Å².